The zero-order valence-electron chi connectivity index (χ0n) is 8.82. The van der Waals surface area contributed by atoms with E-state index in [-0.39, 0.29) is 5.91 Å². The van der Waals surface area contributed by atoms with Gasteiger partial charge in [0.1, 0.15) is 5.54 Å². The van der Waals surface area contributed by atoms with Gasteiger partial charge in [-0.25, -0.2) is 0 Å². The van der Waals surface area contributed by atoms with Crippen molar-refractivity contribution in [3.63, 3.8) is 0 Å². The normalized spacial score (nSPS) is 13.7. The minimum absolute atomic E-state index is 0.269. The van der Waals surface area contributed by atoms with Crippen LogP contribution in [0.25, 0.3) is 0 Å². The van der Waals surface area contributed by atoms with Crippen LogP contribution in [0, 0.1) is 11.3 Å². The lowest BCUT2D eigenvalue weighted by atomic mass is 10.0. The summed E-state index contributed by atoms with van der Waals surface area (Å²) in [5.74, 6) is -0.269. The second-order valence-corrected chi connectivity index (χ2v) is 3.49. The lowest BCUT2D eigenvalue weighted by molar-refractivity contribution is 0.0922. The lowest BCUT2D eigenvalue weighted by Crippen LogP contribution is -2.44. The second-order valence-electron chi connectivity index (χ2n) is 3.49. The van der Waals surface area contributed by atoms with E-state index in [1.165, 1.54) is 6.20 Å². The molecule has 1 amide bonds. The van der Waals surface area contributed by atoms with Gasteiger partial charge in [-0.1, -0.05) is 6.92 Å². The molecule has 0 aliphatic heterocycles. The van der Waals surface area contributed by atoms with Crippen LogP contribution in [0.2, 0.25) is 0 Å². The zero-order valence-corrected chi connectivity index (χ0v) is 8.82. The third kappa shape index (κ3) is 2.78. The number of carbonyl (C=O) groups is 1. The predicted octanol–water partition coefficient (Wildman–Crippen LogP) is 1.50. The maximum absolute atomic E-state index is 11.7. The first-order chi connectivity index (χ1) is 7.11. The second kappa shape index (κ2) is 4.56. The molecule has 0 aliphatic carbocycles. The third-order valence-corrected chi connectivity index (χ3v) is 2.27. The monoisotopic (exact) mass is 203 g/mol. The Morgan fingerprint density at radius 2 is 2.47 bits per heavy atom. The van der Waals surface area contributed by atoms with Crippen molar-refractivity contribution in [1.29, 1.82) is 5.26 Å². The van der Waals surface area contributed by atoms with E-state index in [4.69, 9.17) is 5.26 Å². The summed E-state index contributed by atoms with van der Waals surface area (Å²) in [5.41, 5.74) is -0.347. The predicted molar refractivity (Wildman–Crippen MR) is 56.0 cm³/mol. The average Bonchev–Trinajstić information content (AvgIpc) is 2.30. The van der Waals surface area contributed by atoms with Crippen LogP contribution in [-0.4, -0.2) is 16.4 Å². The van der Waals surface area contributed by atoms with Gasteiger partial charge in [-0.2, -0.15) is 5.26 Å². The molecule has 15 heavy (non-hydrogen) atoms. The number of hydrogen-bond donors (Lipinski definition) is 1. The fourth-order valence-electron chi connectivity index (χ4n) is 1.02. The van der Waals surface area contributed by atoms with Crippen LogP contribution in [0.15, 0.2) is 24.5 Å². The number of amides is 1. The van der Waals surface area contributed by atoms with E-state index in [1.54, 1.807) is 25.3 Å². The Balaban J connectivity index is 2.77. The molecule has 0 aliphatic rings. The molecule has 1 aromatic rings. The Morgan fingerprint density at radius 3 is 2.93 bits per heavy atom. The minimum atomic E-state index is -0.813. The van der Waals surface area contributed by atoms with E-state index >= 15 is 0 Å². The van der Waals surface area contributed by atoms with Crippen LogP contribution in [0.3, 0.4) is 0 Å². The first-order valence-electron chi connectivity index (χ1n) is 4.75. The van der Waals surface area contributed by atoms with Gasteiger partial charge in [0.25, 0.3) is 5.91 Å². The smallest absolute Gasteiger partial charge is 0.254 e. The van der Waals surface area contributed by atoms with Crippen molar-refractivity contribution < 1.29 is 4.79 Å². The molecule has 0 fully saturated rings. The molecule has 78 valence electrons. The third-order valence-electron chi connectivity index (χ3n) is 2.27. The SMILES string of the molecule is CCC(C)(C#N)NC(=O)c1cccnc1. The highest BCUT2D eigenvalue weighted by atomic mass is 16.1. The van der Waals surface area contributed by atoms with Gasteiger partial charge in [0.15, 0.2) is 0 Å². The summed E-state index contributed by atoms with van der Waals surface area (Å²) in [5, 5.41) is 11.6. The first kappa shape index (κ1) is 11.2. The molecule has 0 saturated carbocycles. The largest absolute Gasteiger partial charge is 0.334 e. The molecule has 0 radical (unpaired) electrons. The molecular weight excluding hydrogens is 190 g/mol. The Bertz CT molecular complexity index is 383. The molecule has 1 atom stereocenters. The highest BCUT2D eigenvalue weighted by molar-refractivity contribution is 5.94. The van der Waals surface area contributed by atoms with Crippen LogP contribution >= 0.6 is 0 Å². The molecule has 4 nitrogen and oxygen atoms in total. The fourth-order valence-corrected chi connectivity index (χ4v) is 1.02. The van der Waals surface area contributed by atoms with Gasteiger partial charge in [-0.3, -0.25) is 9.78 Å². The van der Waals surface area contributed by atoms with Gasteiger partial charge in [0.05, 0.1) is 11.6 Å². The summed E-state index contributed by atoms with van der Waals surface area (Å²) >= 11 is 0. The number of carbonyl (C=O) groups excluding carboxylic acids is 1. The molecule has 1 unspecified atom stereocenters. The summed E-state index contributed by atoms with van der Waals surface area (Å²) in [7, 11) is 0. The van der Waals surface area contributed by atoms with Gasteiger partial charge in [-0.15, -0.1) is 0 Å². The van der Waals surface area contributed by atoms with Crippen molar-refractivity contribution >= 4 is 5.91 Å². The van der Waals surface area contributed by atoms with Crippen LogP contribution in [0.1, 0.15) is 30.6 Å². The van der Waals surface area contributed by atoms with Crippen molar-refractivity contribution in [3.8, 4) is 6.07 Å². The molecule has 0 bridgehead atoms. The summed E-state index contributed by atoms with van der Waals surface area (Å²) < 4.78 is 0. The standard InChI is InChI=1S/C11H13N3O/c1-3-11(2,8-12)14-10(15)9-5-4-6-13-7-9/h4-7H,3H2,1-2H3,(H,14,15). The highest BCUT2D eigenvalue weighted by Gasteiger charge is 2.23. The van der Waals surface area contributed by atoms with Crippen LogP contribution in [0.5, 0.6) is 0 Å². The number of rotatable bonds is 3. The van der Waals surface area contributed by atoms with Gasteiger partial charge in [-0.05, 0) is 25.5 Å². The number of nitrogens with zero attached hydrogens (tertiary/aromatic N) is 2. The average molecular weight is 203 g/mol. The summed E-state index contributed by atoms with van der Waals surface area (Å²) in [6.07, 6.45) is 3.64. The van der Waals surface area contributed by atoms with E-state index in [9.17, 15) is 4.79 Å². The number of pyridine rings is 1. The molecule has 4 heteroatoms. The van der Waals surface area contributed by atoms with E-state index < -0.39 is 5.54 Å². The number of hydrogen-bond acceptors (Lipinski definition) is 3. The summed E-state index contributed by atoms with van der Waals surface area (Å²) in [6, 6.07) is 5.42. The fraction of sp³-hybridized carbons (Fsp3) is 0.364. The number of nitriles is 1. The first-order valence-corrected chi connectivity index (χ1v) is 4.75. The quantitative estimate of drug-likeness (QED) is 0.809. The van der Waals surface area contributed by atoms with E-state index in [2.05, 4.69) is 16.4 Å². The maximum Gasteiger partial charge on any atom is 0.254 e. The molecule has 1 heterocycles. The molecule has 1 N–H and O–H groups in total. The molecule has 0 aromatic carbocycles. The van der Waals surface area contributed by atoms with Gasteiger partial charge >= 0.3 is 0 Å². The number of nitrogens with one attached hydrogen (secondary N) is 1. The van der Waals surface area contributed by atoms with E-state index in [0.717, 1.165) is 0 Å². The highest BCUT2D eigenvalue weighted by Crippen LogP contribution is 2.08. The Kier molecular flexibility index (Phi) is 3.40. The summed E-state index contributed by atoms with van der Waals surface area (Å²) in [6.45, 7) is 3.55. The van der Waals surface area contributed by atoms with Crippen molar-refractivity contribution in [1.82, 2.24) is 10.3 Å². The molecule has 0 spiro atoms. The maximum atomic E-state index is 11.7. The van der Waals surface area contributed by atoms with Crippen molar-refractivity contribution in [2.75, 3.05) is 0 Å². The summed E-state index contributed by atoms with van der Waals surface area (Å²) in [4.78, 5) is 15.5. The van der Waals surface area contributed by atoms with Crippen LogP contribution in [-0.2, 0) is 0 Å². The number of aromatic nitrogens is 1. The van der Waals surface area contributed by atoms with Gasteiger partial charge < -0.3 is 5.32 Å². The zero-order chi connectivity index (χ0) is 11.3. The van der Waals surface area contributed by atoms with Gasteiger partial charge in [0, 0.05) is 12.4 Å². The molecule has 1 rings (SSSR count). The molecule has 1 aromatic heterocycles. The van der Waals surface area contributed by atoms with Crippen LogP contribution < -0.4 is 5.32 Å². The van der Waals surface area contributed by atoms with E-state index in [1.807, 2.05) is 6.92 Å². The topological polar surface area (TPSA) is 65.8 Å². The lowest BCUT2D eigenvalue weighted by Gasteiger charge is -2.20. The van der Waals surface area contributed by atoms with Gasteiger partial charge in [0.2, 0.25) is 0 Å². The van der Waals surface area contributed by atoms with Crippen molar-refractivity contribution in [3.05, 3.63) is 30.1 Å². The minimum Gasteiger partial charge on any atom is -0.334 e. The van der Waals surface area contributed by atoms with Crippen molar-refractivity contribution in [2.24, 2.45) is 0 Å². The Hall–Kier alpha value is -1.89. The Labute approximate surface area is 88.9 Å². The van der Waals surface area contributed by atoms with Crippen molar-refractivity contribution in [2.45, 2.75) is 25.8 Å². The molecule has 0 saturated heterocycles. The van der Waals surface area contributed by atoms with E-state index in [0.29, 0.717) is 12.0 Å². The molecular formula is C11H13N3O. The Morgan fingerprint density at radius 1 is 1.73 bits per heavy atom. The van der Waals surface area contributed by atoms with Crippen LogP contribution in [0.4, 0.5) is 0 Å².